The van der Waals surface area contributed by atoms with Gasteiger partial charge in [0.25, 0.3) is 0 Å². The lowest BCUT2D eigenvalue weighted by atomic mass is 10.1. The lowest BCUT2D eigenvalue weighted by Gasteiger charge is -2.24. The fourth-order valence-corrected chi connectivity index (χ4v) is 4.78. The molecular weight excluding hydrogens is 402 g/mol. The van der Waals surface area contributed by atoms with Crippen LogP contribution in [0.3, 0.4) is 0 Å². The highest BCUT2D eigenvalue weighted by Gasteiger charge is 2.36. The van der Waals surface area contributed by atoms with Crippen LogP contribution in [0.2, 0.25) is 6.04 Å². The van der Waals surface area contributed by atoms with Gasteiger partial charge in [-0.15, -0.1) is 5.10 Å². The molecule has 0 aliphatic rings. The van der Waals surface area contributed by atoms with E-state index in [1.165, 1.54) is 0 Å². The van der Waals surface area contributed by atoms with Crippen LogP contribution in [0.4, 0.5) is 0 Å². The van der Waals surface area contributed by atoms with Crippen molar-refractivity contribution in [3.63, 3.8) is 0 Å². The minimum atomic E-state index is -2.57. The summed E-state index contributed by atoms with van der Waals surface area (Å²) in [5, 5.41) is 8.40. The number of ether oxygens (including phenoxy) is 1. The van der Waals surface area contributed by atoms with E-state index in [9.17, 15) is 0 Å². The van der Waals surface area contributed by atoms with Gasteiger partial charge in [-0.2, -0.15) is 0 Å². The molecule has 10 heteroatoms. The highest BCUT2D eigenvalue weighted by molar-refractivity contribution is 6.60. The Hall–Kier alpha value is -2.50. The van der Waals surface area contributed by atoms with E-state index in [1.807, 2.05) is 42.6 Å². The van der Waals surface area contributed by atoms with E-state index in [2.05, 4.69) is 20.3 Å². The van der Waals surface area contributed by atoms with Crippen LogP contribution in [0.1, 0.15) is 29.6 Å². The quantitative estimate of drug-likeness (QED) is 0.406. The van der Waals surface area contributed by atoms with Crippen LogP contribution in [-0.4, -0.2) is 55.1 Å². The predicted octanol–water partition coefficient (Wildman–Crippen LogP) is 2.64. The van der Waals surface area contributed by atoms with Gasteiger partial charge in [-0.25, -0.2) is 0 Å². The van der Waals surface area contributed by atoms with Crippen molar-refractivity contribution in [3.8, 4) is 0 Å². The maximum Gasteiger partial charge on any atom is 0.500 e. The first-order valence-electron chi connectivity index (χ1n) is 9.67. The number of hydrogen-bond acceptors (Lipinski definition) is 8. The van der Waals surface area contributed by atoms with E-state index in [0.29, 0.717) is 19.2 Å². The molecule has 0 saturated heterocycles. The van der Waals surface area contributed by atoms with Crippen molar-refractivity contribution in [1.29, 1.82) is 0 Å². The molecule has 3 heterocycles. The largest absolute Gasteiger partial charge is 0.500 e. The van der Waals surface area contributed by atoms with Gasteiger partial charge in [-0.05, 0) is 30.7 Å². The molecule has 3 rings (SSSR count). The zero-order valence-corrected chi connectivity index (χ0v) is 18.5. The number of pyridine rings is 2. The minimum absolute atomic E-state index is 0.296. The third-order valence-electron chi connectivity index (χ3n) is 4.70. The van der Waals surface area contributed by atoms with Gasteiger partial charge in [-0.3, -0.25) is 14.6 Å². The monoisotopic (exact) mass is 429 g/mol. The molecule has 0 fully saturated rings. The lowest BCUT2D eigenvalue weighted by molar-refractivity contribution is 0.0591. The molecule has 0 aliphatic heterocycles. The second kappa shape index (κ2) is 11.0. The second-order valence-electron chi connectivity index (χ2n) is 6.57. The summed E-state index contributed by atoms with van der Waals surface area (Å²) < 4.78 is 24.3. The van der Waals surface area contributed by atoms with E-state index in [-0.39, 0.29) is 6.10 Å². The summed E-state index contributed by atoms with van der Waals surface area (Å²) in [5.41, 5.74) is 2.33. The van der Waals surface area contributed by atoms with Crippen molar-refractivity contribution in [2.75, 3.05) is 21.3 Å². The lowest BCUT2D eigenvalue weighted by Crippen LogP contribution is -2.42. The average molecular weight is 430 g/mol. The van der Waals surface area contributed by atoms with Crippen LogP contribution < -0.4 is 0 Å². The fourth-order valence-electron chi connectivity index (χ4n) is 3.08. The molecule has 0 aromatic carbocycles. The Labute approximate surface area is 177 Å². The summed E-state index contributed by atoms with van der Waals surface area (Å²) in [6, 6.07) is 12.2. The smallest absolute Gasteiger partial charge is 0.377 e. The van der Waals surface area contributed by atoms with Crippen LogP contribution in [0, 0.1) is 0 Å². The first kappa shape index (κ1) is 22.2. The molecule has 9 nitrogen and oxygen atoms in total. The van der Waals surface area contributed by atoms with E-state index < -0.39 is 8.80 Å². The molecule has 30 heavy (non-hydrogen) atoms. The maximum atomic E-state index is 6.13. The van der Waals surface area contributed by atoms with Crippen molar-refractivity contribution >= 4 is 8.80 Å². The van der Waals surface area contributed by atoms with E-state index in [0.717, 1.165) is 23.5 Å². The van der Waals surface area contributed by atoms with E-state index in [4.69, 9.17) is 18.0 Å². The van der Waals surface area contributed by atoms with Crippen LogP contribution in [0.15, 0.2) is 55.0 Å². The average Bonchev–Trinajstić information content (AvgIpc) is 3.26. The van der Waals surface area contributed by atoms with Crippen LogP contribution in [-0.2, 0) is 31.2 Å². The normalized spacial score (nSPS) is 11.9. The molecule has 0 N–H and O–H groups in total. The van der Waals surface area contributed by atoms with Crippen molar-refractivity contribution < 1.29 is 18.0 Å². The number of nitrogens with zero attached hydrogens (tertiary/aromatic N) is 5. The molecule has 0 atom stereocenters. The molecule has 0 saturated carbocycles. The predicted molar refractivity (Wildman–Crippen MR) is 111 cm³/mol. The van der Waals surface area contributed by atoms with Crippen molar-refractivity contribution in [2.45, 2.75) is 31.7 Å². The van der Waals surface area contributed by atoms with Gasteiger partial charge >= 0.3 is 8.80 Å². The molecular formula is C20H27N5O4Si. The zero-order chi connectivity index (χ0) is 21.2. The molecule has 0 aliphatic carbocycles. The highest BCUT2D eigenvalue weighted by atomic mass is 28.4. The SMILES string of the molecule is CO[Si](CCCn1cc(COC(c2ccccn2)c2ccccn2)nn1)(OC)OC. The fraction of sp³-hybridized carbons (Fsp3) is 0.400. The van der Waals surface area contributed by atoms with Crippen molar-refractivity contribution in [3.05, 3.63) is 72.1 Å². The Morgan fingerprint density at radius 3 is 2.10 bits per heavy atom. The van der Waals surface area contributed by atoms with Crippen LogP contribution in [0.25, 0.3) is 0 Å². The molecule has 160 valence electrons. The summed E-state index contributed by atoms with van der Waals surface area (Å²) in [6.07, 6.45) is 5.79. The molecule has 0 radical (unpaired) electrons. The van der Waals surface area contributed by atoms with Gasteiger partial charge in [0.1, 0.15) is 11.8 Å². The second-order valence-corrected chi connectivity index (χ2v) is 9.66. The Morgan fingerprint density at radius 1 is 0.933 bits per heavy atom. The summed E-state index contributed by atoms with van der Waals surface area (Å²) in [4.78, 5) is 8.85. The van der Waals surface area contributed by atoms with Crippen molar-refractivity contribution in [2.24, 2.45) is 0 Å². The minimum Gasteiger partial charge on any atom is -0.377 e. The summed E-state index contributed by atoms with van der Waals surface area (Å²) >= 11 is 0. The van der Waals surface area contributed by atoms with Gasteiger partial charge in [0, 0.05) is 46.3 Å². The molecule has 3 aromatic rings. The Morgan fingerprint density at radius 2 is 1.57 bits per heavy atom. The molecule has 3 aromatic heterocycles. The van der Waals surface area contributed by atoms with Gasteiger partial charge in [-0.1, -0.05) is 17.3 Å². The summed E-state index contributed by atoms with van der Waals surface area (Å²) in [7, 11) is 2.27. The summed E-state index contributed by atoms with van der Waals surface area (Å²) in [6.45, 7) is 0.979. The third kappa shape index (κ3) is 5.77. The van der Waals surface area contributed by atoms with Crippen LogP contribution >= 0.6 is 0 Å². The Kier molecular flexibility index (Phi) is 8.17. The first-order chi connectivity index (χ1) is 14.7. The van der Waals surface area contributed by atoms with E-state index in [1.54, 1.807) is 38.4 Å². The number of rotatable bonds is 12. The van der Waals surface area contributed by atoms with Gasteiger partial charge in [0.15, 0.2) is 0 Å². The van der Waals surface area contributed by atoms with E-state index >= 15 is 0 Å². The van der Waals surface area contributed by atoms with Crippen molar-refractivity contribution in [1.82, 2.24) is 25.0 Å². The highest BCUT2D eigenvalue weighted by Crippen LogP contribution is 2.23. The third-order valence-corrected chi connectivity index (χ3v) is 7.53. The number of aromatic nitrogens is 5. The first-order valence-corrected chi connectivity index (χ1v) is 11.6. The summed E-state index contributed by atoms with van der Waals surface area (Å²) in [5.74, 6) is 0. The Bertz CT molecular complexity index is 829. The molecule has 0 spiro atoms. The standard InChI is InChI=1S/C20H27N5O4Si/c1-26-30(27-2,28-3)14-8-13-25-15-17(23-24-25)16-29-20(18-9-4-6-11-21-18)19-10-5-7-12-22-19/h4-7,9-12,15,20H,8,13-14,16H2,1-3H3. The Balaban J connectivity index is 1.59. The molecule has 0 bridgehead atoms. The topological polar surface area (TPSA) is 93.4 Å². The number of hydrogen-bond donors (Lipinski definition) is 0. The molecule has 0 unspecified atom stereocenters. The molecule has 0 amide bonds. The number of aryl methyl sites for hydroxylation is 1. The van der Waals surface area contributed by atoms with Crippen LogP contribution in [0.5, 0.6) is 0 Å². The van der Waals surface area contributed by atoms with Gasteiger partial charge in [0.2, 0.25) is 0 Å². The maximum absolute atomic E-state index is 6.13. The van der Waals surface area contributed by atoms with Gasteiger partial charge in [0.05, 0.1) is 24.2 Å². The zero-order valence-electron chi connectivity index (χ0n) is 17.5. The van der Waals surface area contributed by atoms with Gasteiger partial charge < -0.3 is 18.0 Å².